The van der Waals surface area contributed by atoms with Gasteiger partial charge in [0.05, 0.1) is 6.04 Å². The molecule has 0 spiro atoms. The molecule has 1 unspecified atom stereocenters. The van der Waals surface area contributed by atoms with Crippen LogP contribution in [0.25, 0.3) is 0 Å². The molecule has 1 aromatic carbocycles. The molecule has 0 amide bonds. The van der Waals surface area contributed by atoms with E-state index in [0.29, 0.717) is 10.6 Å². The normalized spacial score (nSPS) is 12.6. The minimum Gasteiger partial charge on any atom is -0.271 e. The molecule has 0 aliphatic heterocycles. The molecule has 0 aliphatic rings. The van der Waals surface area contributed by atoms with Gasteiger partial charge >= 0.3 is 0 Å². The Hall–Kier alpha value is -1.44. The number of nitrogens with two attached hydrogens (primary N) is 1. The van der Waals surface area contributed by atoms with Crippen molar-refractivity contribution in [1.29, 1.82) is 0 Å². The van der Waals surface area contributed by atoms with Gasteiger partial charge in [-0.3, -0.25) is 5.84 Å². The van der Waals surface area contributed by atoms with Crippen molar-refractivity contribution in [1.82, 2.24) is 20.2 Å². The van der Waals surface area contributed by atoms with E-state index in [0.717, 1.165) is 18.8 Å². The van der Waals surface area contributed by atoms with Gasteiger partial charge in [-0.2, -0.15) is 5.10 Å². The molecule has 0 saturated heterocycles. The van der Waals surface area contributed by atoms with Crippen LogP contribution in [0.15, 0.2) is 35.5 Å². The van der Waals surface area contributed by atoms with Crippen LogP contribution in [0.4, 0.5) is 4.39 Å². The number of hydrogen-bond donors (Lipinski definition) is 2. The van der Waals surface area contributed by atoms with E-state index >= 15 is 0 Å². The summed E-state index contributed by atoms with van der Waals surface area (Å²) in [5.41, 5.74) is 2.73. The number of aryl methyl sites for hydroxylation is 1. The van der Waals surface area contributed by atoms with Crippen LogP contribution in [-0.4, -0.2) is 20.5 Å². The standard InChI is InChI=1S/C13H18FN5S/c1-2-7-19-13(16-9-17-19)11(18-15)8-20-12-6-4-3-5-10(12)14/h3-6,9,11,18H,2,7-8,15H2,1H3. The predicted octanol–water partition coefficient (Wildman–Crippen LogP) is 2.12. The van der Waals surface area contributed by atoms with Crippen molar-refractivity contribution in [3.8, 4) is 0 Å². The number of hydrogen-bond acceptors (Lipinski definition) is 5. The zero-order valence-corrected chi connectivity index (χ0v) is 12.1. The van der Waals surface area contributed by atoms with Crippen LogP contribution in [0.2, 0.25) is 0 Å². The van der Waals surface area contributed by atoms with Gasteiger partial charge in [0.15, 0.2) is 0 Å². The highest BCUT2D eigenvalue weighted by atomic mass is 32.2. The van der Waals surface area contributed by atoms with Crippen LogP contribution in [0.1, 0.15) is 25.2 Å². The third-order valence-electron chi connectivity index (χ3n) is 2.84. The molecule has 0 bridgehead atoms. The lowest BCUT2D eigenvalue weighted by atomic mass is 10.3. The van der Waals surface area contributed by atoms with Gasteiger partial charge < -0.3 is 0 Å². The lowest BCUT2D eigenvalue weighted by molar-refractivity contribution is 0.498. The minimum atomic E-state index is -0.219. The average molecular weight is 295 g/mol. The highest BCUT2D eigenvalue weighted by molar-refractivity contribution is 7.99. The molecule has 0 radical (unpaired) electrons. The second-order valence-electron chi connectivity index (χ2n) is 4.30. The van der Waals surface area contributed by atoms with E-state index in [1.807, 2.05) is 10.7 Å². The Balaban J connectivity index is 2.06. The average Bonchev–Trinajstić information content (AvgIpc) is 2.90. The van der Waals surface area contributed by atoms with Crippen LogP contribution >= 0.6 is 11.8 Å². The number of aromatic nitrogens is 3. The lowest BCUT2D eigenvalue weighted by Crippen LogP contribution is -2.32. The molecule has 108 valence electrons. The van der Waals surface area contributed by atoms with Crippen molar-refractivity contribution >= 4 is 11.8 Å². The number of halogens is 1. The molecule has 7 heteroatoms. The third kappa shape index (κ3) is 3.56. The second kappa shape index (κ2) is 7.37. The van der Waals surface area contributed by atoms with Crippen molar-refractivity contribution in [2.45, 2.75) is 30.8 Å². The van der Waals surface area contributed by atoms with Gasteiger partial charge in [0.2, 0.25) is 0 Å². The van der Waals surface area contributed by atoms with Gasteiger partial charge in [0.1, 0.15) is 18.0 Å². The number of benzene rings is 1. The van der Waals surface area contributed by atoms with Gasteiger partial charge in [-0.05, 0) is 18.6 Å². The van der Waals surface area contributed by atoms with Crippen LogP contribution in [0.5, 0.6) is 0 Å². The quantitative estimate of drug-likeness (QED) is 0.465. The van der Waals surface area contributed by atoms with Gasteiger partial charge in [-0.15, -0.1) is 11.8 Å². The van der Waals surface area contributed by atoms with Gasteiger partial charge in [-0.25, -0.2) is 19.5 Å². The van der Waals surface area contributed by atoms with Crippen LogP contribution < -0.4 is 11.3 Å². The van der Waals surface area contributed by atoms with Crippen molar-refractivity contribution in [3.63, 3.8) is 0 Å². The van der Waals surface area contributed by atoms with E-state index in [9.17, 15) is 4.39 Å². The predicted molar refractivity (Wildman–Crippen MR) is 77.5 cm³/mol. The second-order valence-corrected chi connectivity index (χ2v) is 5.36. The maximum atomic E-state index is 13.6. The first-order chi connectivity index (χ1) is 9.76. The van der Waals surface area contributed by atoms with Crippen LogP contribution in [0.3, 0.4) is 0 Å². The van der Waals surface area contributed by atoms with Crippen LogP contribution in [-0.2, 0) is 6.54 Å². The summed E-state index contributed by atoms with van der Waals surface area (Å²) in [4.78, 5) is 4.85. The van der Waals surface area contributed by atoms with Crippen molar-refractivity contribution in [2.75, 3.05) is 5.75 Å². The molecule has 1 aromatic heterocycles. The van der Waals surface area contributed by atoms with E-state index in [1.54, 1.807) is 12.1 Å². The Morgan fingerprint density at radius 1 is 1.45 bits per heavy atom. The van der Waals surface area contributed by atoms with Crippen molar-refractivity contribution in [3.05, 3.63) is 42.2 Å². The molecule has 20 heavy (non-hydrogen) atoms. The van der Waals surface area contributed by atoms with Crippen molar-refractivity contribution in [2.24, 2.45) is 5.84 Å². The van der Waals surface area contributed by atoms with Gasteiger partial charge in [0, 0.05) is 17.2 Å². The summed E-state index contributed by atoms with van der Waals surface area (Å²) in [5, 5.41) is 4.17. The first kappa shape index (κ1) is 15.0. The Bertz CT molecular complexity index is 545. The highest BCUT2D eigenvalue weighted by Gasteiger charge is 2.17. The molecule has 2 rings (SSSR count). The molecule has 3 N–H and O–H groups in total. The summed E-state index contributed by atoms with van der Waals surface area (Å²) < 4.78 is 15.4. The number of rotatable bonds is 7. The van der Waals surface area contributed by atoms with E-state index in [1.165, 1.54) is 24.2 Å². The number of nitrogens with one attached hydrogen (secondary N) is 1. The highest BCUT2D eigenvalue weighted by Crippen LogP contribution is 2.25. The number of nitrogens with zero attached hydrogens (tertiary/aromatic N) is 3. The van der Waals surface area contributed by atoms with Crippen LogP contribution in [0, 0.1) is 5.82 Å². The molecule has 0 aliphatic carbocycles. The summed E-state index contributed by atoms with van der Waals surface area (Å²) in [6.07, 6.45) is 2.48. The first-order valence-corrected chi connectivity index (χ1v) is 7.46. The fraction of sp³-hybridized carbons (Fsp3) is 0.385. The Morgan fingerprint density at radius 3 is 2.95 bits per heavy atom. The fourth-order valence-electron chi connectivity index (χ4n) is 1.86. The molecule has 5 nitrogen and oxygen atoms in total. The third-order valence-corrected chi connectivity index (χ3v) is 3.98. The zero-order chi connectivity index (χ0) is 14.4. The van der Waals surface area contributed by atoms with E-state index < -0.39 is 0 Å². The maximum Gasteiger partial charge on any atom is 0.146 e. The smallest absolute Gasteiger partial charge is 0.146 e. The topological polar surface area (TPSA) is 68.8 Å². The lowest BCUT2D eigenvalue weighted by Gasteiger charge is -2.16. The summed E-state index contributed by atoms with van der Waals surface area (Å²) in [6.45, 7) is 2.86. The minimum absolute atomic E-state index is 0.173. The SMILES string of the molecule is CCCn1ncnc1C(CSc1ccccc1F)NN. The van der Waals surface area contributed by atoms with E-state index in [4.69, 9.17) is 5.84 Å². The Labute approximate surface area is 121 Å². The Morgan fingerprint density at radius 2 is 2.25 bits per heavy atom. The summed E-state index contributed by atoms with van der Waals surface area (Å²) in [6, 6.07) is 6.52. The van der Waals surface area contributed by atoms with Crippen molar-refractivity contribution < 1.29 is 4.39 Å². The zero-order valence-electron chi connectivity index (χ0n) is 11.3. The molecular formula is C13H18FN5S. The first-order valence-electron chi connectivity index (χ1n) is 6.47. The largest absolute Gasteiger partial charge is 0.271 e. The molecule has 2 aromatic rings. The van der Waals surface area contributed by atoms with Gasteiger partial charge in [0.25, 0.3) is 0 Å². The summed E-state index contributed by atoms with van der Waals surface area (Å²) >= 11 is 1.41. The Kier molecular flexibility index (Phi) is 5.51. The molecule has 1 heterocycles. The van der Waals surface area contributed by atoms with E-state index in [-0.39, 0.29) is 11.9 Å². The molecule has 0 fully saturated rings. The maximum absolute atomic E-state index is 13.6. The molecular weight excluding hydrogens is 277 g/mol. The number of thioether (sulfide) groups is 1. The summed E-state index contributed by atoms with van der Waals surface area (Å²) in [7, 11) is 0. The number of hydrazine groups is 1. The molecule has 0 saturated carbocycles. The van der Waals surface area contributed by atoms with E-state index in [2.05, 4.69) is 22.4 Å². The molecule has 1 atom stereocenters. The monoisotopic (exact) mass is 295 g/mol. The fourth-order valence-corrected chi connectivity index (χ4v) is 2.83. The van der Waals surface area contributed by atoms with Gasteiger partial charge in [-0.1, -0.05) is 19.1 Å². The summed E-state index contributed by atoms with van der Waals surface area (Å²) in [5.74, 6) is 6.73.